The Morgan fingerprint density at radius 2 is 1.85 bits per heavy atom. The van der Waals surface area contributed by atoms with Crippen molar-refractivity contribution >= 4 is 32.7 Å². The van der Waals surface area contributed by atoms with Crippen LogP contribution in [0.2, 0.25) is 0 Å². The number of aliphatic hydroxyl groups is 1. The van der Waals surface area contributed by atoms with Gasteiger partial charge in [0, 0.05) is 15.4 Å². The molecule has 0 saturated carbocycles. The molecule has 0 unspecified atom stereocenters. The van der Waals surface area contributed by atoms with Crippen molar-refractivity contribution in [1.29, 1.82) is 0 Å². The number of carbonyl (C=O) groups is 1. The molecule has 0 spiro atoms. The molecule has 0 aliphatic heterocycles. The van der Waals surface area contributed by atoms with E-state index in [1.165, 1.54) is 0 Å². The molecule has 20 heavy (non-hydrogen) atoms. The molecule has 0 saturated heterocycles. The number of hydrogen-bond acceptors (Lipinski definition) is 3. The maximum absolute atomic E-state index is 12.3. The molecule has 0 atom stereocenters. The molecule has 1 N–H and O–H groups in total. The summed E-state index contributed by atoms with van der Waals surface area (Å²) < 4.78 is 6.49. The summed E-state index contributed by atoms with van der Waals surface area (Å²) in [5.74, 6) is 0.150. The molecule has 0 aliphatic carbocycles. The average Bonchev–Trinajstić information content (AvgIpc) is 2.90. The van der Waals surface area contributed by atoms with Crippen LogP contribution in [0, 0.1) is 0 Å². The van der Waals surface area contributed by atoms with Crippen molar-refractivity contribution < 1.29 is 14.3 Å². The number of carbonyl (C=O) groups excluding carboxylic acids is 1. The molecule has 2 aromatic carbocycles. The summed E-state index contributed by atoms with van der Waals surface area (Å²) in [6.07, 6.45) is 0. The fourth-order valence-corrected chi connectivity index (χ4v) is 2.31. The third-order valence-electron chi connectivity index (χ3n) is 3.09. The number of hydrogen-bond donors (Lipinski definition) is 1. The van der Waals surface area contributed by atoms with Crippen LogP contribution >= 0.6 is 15.9 Å². The van der Waals surface area contributed by atoms with E-state index in [4.69, 9.17) is 9.52 Å². The SMILES string of the molecule is O=C(c1ccc(Br)cc1)c1cc2cc(CO)ccc2o1. The molecule has 1 aromatic heterocycles. The standard InChI is InChI=1S/C16H11BrO3/c17-13-4-2-11(3-5-13)16(19)15-8-12-7-10(9-18)1-6-14(12)20-15/h1-8,18H,9H2. The Kier molecular flexibility index (Phi) is 3.42. The highest BCUT2D eigenvalue weighted by molar-refractivity contribution is 9.10. The third-order valence-corrected chi connectivity index (χ3v) is 3.62. The van der Waals surface area contributed by atoms with E-state index < -0.39 is 0 Å². The fraction of sp³-hybridized carbons (Fsp3) is 0.0625. The Balaban J connectivity index is 2.01. The summed E-state index contributed by atoms with van der Waals surface area (Å²) in [7, 11) is 0. The van der Waals surface area contributed by atoms with Gasteiger partial charge in [0.25, 0.3) is 0 Å². The molecule has 0 radical (unpaired) electrons. The van der Waals surface area contributed by atoms with Crippen molar-refractivity contribution in [3.05, 3.63) is 69.9 Å². The lowest BCUT2D eigenvalue weighted by Gasteiger charge is -1.97. The van der Waals surface area contributed by atoms with Crippen molar-refractivity contribution in [2.45, 2.75) is 6.61 Å². The molecule has 3 aromatic rings. The lowest BCUT2D eigenvalue weighted by atomic mass is 10.1. The van der Waals surface area contributed by atoms with Gasteiger partial charge >= 0.3 is 0 Å². The van der Waals surface area contributed by atoms with E-state index in [-0.39, 0.29) is 12.4 Å². The van der Waals surface area contributed by atoms with Gasteiger partial charge in [-0.05, 0) is 48.0 Å². The van der Waals surface area contributed by atoms with E-state index >= 15 is 0 Å². The first-order valence-electron chi connectivity index (χ1n) is 6.11. The van der Waals surface area contributed by atoms with E-state index in [9.17, 15) is 4.79 Å². The molecule has 1 heterocycles. The fourth-order valence-electron chi connectivity index (χ4n) is 2.05. The minimum atomic E-state index is -0.153. The molecule has 0 bridgehead atoms. The van der Waals surface area contributed by atoms with Crippen LogP contribution in [0.1, 0.15) is 21.7 Å². The van der Waals surface area contributed by atoms with Crippen molar-refractivity contribution in [3.8, 4) is 0 Å². The Labute approximate surface area is 124 Å². The van der Waals surface area contributed by atoms with Crippen molar-refractivity contribution in [1.82, 2.24) is 0 Å². The predicted molar refractivity (Wildman–Crippen MR) is 79.7 cm³/mol. The lowest BCUT2D eigenvalue weighted by molar-refractivity contribution is 0.101. The van der Waals surface area contributed by atoms with Crippen LogP contribution < -0.4 is 0 Å². The molecule has 3 nitrogen and oxygen atoms in total. The second-order valence-electron chi connectivity index (χ2n) is 4.48. The van der Waals surface area contributed by atoms with Gasteiger partial charge in [-0.25, -0.2) is 0 Å². The Morgan fingerprint density at radius 3 is 2.55 bits per heavy atom. The van der Waals surface area contributed by atoms with Crippen LogP contribution in [-0.4, -0.2) is 10.9 Å². The Morgan fingerprint density at radius 1 is 1.10 bits per heavy atom. The van der Waals surface area contributed by atoms with E-state index in [2.05, 4.69) is 15.9 Å². The summed E-state index contributed by atoms with van der Waals surface area (Å²) in [6.45, 7) is -0.0306. The van der Waals surface area contributed by atoms with Crippen LogP contribution in [-0.2, 0) is 6.61 Å². The predicted octanol–water partition coefficient (Wildman–Crippen LogP) is 3.92. The van der Waals surface area contributed by atoms with Gasteiger partial charge in [-0.1, -0.05) is 22.0 Å². The van der Waals surface area contributed by atoms with E-state index in [1.54, 1.807) is 30.3 Å². The lowest BCUT2D eigenvalue weighted by Crippen LogP contribution is -1.98. The maximum atomic E-state index is 12.3. The monoisotopic (exact) mass is 330 g/mol. The number of halogens is 1. The van der Waals surface area contributed by atoms with E-state index in [0.717, 1.165) is 15.4 Å². The number of furan rings is 1. The van der Waals surface area contributed by atoms with Crippen molar-refractivity contribution in [3.63, 3.8) is 0 Å². The summed E-state index contributed by atoms with van der Waals surface area (Å²) >= 11 is 3.34. The number of rotatable bonds is 3. The zero-order valence-electron chi connectivity index (χ0n) is 10.5. The second-order valence-corrected chi connectivity index (χ2v) is 5.39. The number of benzene rings is 2. The zero-order valence-corrected chi connectivity index (χ0v) is 12.1. The molecule has 100 valence electrons. The number of fused-ring (bicyclic) bond motifs is 1. The molecule has 0 fully saturated rings. The van der Waals surface area contributed by atoms with Gasteiger partial charge < -0.3 is 9.52 Å². The summed E-state index contributed by atoms with van der Waals surface area (Å²) in [6, 6.07) is 14.2. The van der Waals surface area contributed by atoms with Gasteiger partial charge in [-0.3, -0.25) is 4.79 Å². The maximum Gasteiger partial charge on any atom is 0.228 e. The molecular weight excluding hydrogens is 320 g/mol. The Bertz CT molecular complexity index is 772. The first-order chi connectivity index (χ1) is 9.67. The summed E-state index contributed by atoms with van der Waals surface area (Å²) in [4.78, 5) is 12.3. The Hall–Kier alpha value is -1.91. The summed E-state index contributed by atoms with van der Waals surface area (Å²) in [5, 5.41) is 9.93. The van der Waals surface area contributed by atoms with E-state index in [1.807, 2.05) is 18.2 Å². The van der Waals surface area contributed by atoms with Gasteiger partial charge in [0.15, 0.2) is 5.76 Å². The molecule has 0 amide bonds. The molecule has 3 rings (SSSR count). The third kappa shape index (κ3) is 2.40. The highest BCUT2D eigenvalue weighted by Crippen LogP contribution is 2.23. The zero-order chi connectivity index (χ0) is 14.1. The van der Waals surface area contributed by atoms with Gasteiger partial charge in [-0.2, -0.15) is 0 Å². The smallest absolute Gasteiger partial charge is 0.228 e. The summed E-state index contributed by atoms with van der Waals surface area (Å²) in [5.41, 5.74) is 2.01. The topological polar surface area (TPSA) is 50.4 Å². The second kappa shape index (κ2) is 5.23. The number of ketones is 1. The first-order valence-corrected chi connectivity index (χ1v) is 6.90. The van der Waals surface area contributed by atoms with Gasteiger partial charge in [0.05, 0.1) is 6.61 Å². The average molecular weight is 331 g/mol. The van der Waals surface area contributed by atoms with Crippen LogP contribution in [0.5, 0.6) is 0 Å². The van der Waals surface area contributed by atoms with Crippen molar-refractivity contribution in [2.75, 3.05) is 0 Å². The quantitative estimate of drug-likeness (QED) is 0.740. The van der Waals surface area contributed by atoms with Gasteiger partial charge in [0.1, 0.15) is 5.58 Å². The normalized spacial score (nSPS) is 10.9. The minimum absolute atomic E-state index is 0.0306. The molecular formula is C16H11BrO3. The van der Waals surface area contributed by atoms with Crippen LogP contribution in [0.25, 0.3) is 11.0 Å². The highest BCUT2D eigenvalue weighted by Gasteiger charge is 2.14. The largest absolute Gasteiger partial charge is 0.453 e. The van der Waals surface area contributed by atoms with Crippen LogP contribution in [0.3, 0.4) is 0 Å². The van der Waals surface area contributed by atoms with Crippen molar-refractivity contribution in [2.24, 2.45) is 0 Å². The number of aliphatic hydroxyl groups excluding tert-OH is 1. The molecule has 4 heteroatoms. The first kappa shape index (κ1) is 13.1. The molecule has 0 aliphatic rings. The van der Waals surface area contributed by atoms with Crippen LogP contribution in [0.4, 0.5) is 0 Å². The minimum Gasteiger partial charge on any atom is -0.453 e. The van der Waals surface area contributed by atoms with Crippen LogP contribution in [0.15, 0.2) is 57.4 Å². The van der Waals surface area contributed by atoms with Gasteiger partial charge in [-0.15, -0.1) is 0 Å². The van der Waals surface area contributed by atoms with Gasteiger partial charge in [0.2, 0.25) is 5.78 Å². The highest BCUT2D eigenvalue weighted by atomic mass is 79.9. The van der Waals surface area contributed by atoms with E-state index in [0.29, 0.717) is 16.9 Å².